The first-order valence-electron chi connectivity index (χ1n) is 5.19. The fourth-order valence-corrected chi connectivity index (χ4v) is 1.50. The Kier molecular flexibility index (Phi) is 5.12. The first-order valence-corrected chi connectivity index (χ1v) is 7.00. The highest BCUT2D eigenvalue weighted by Gasteiger charge is 2.30. The van der Waals surface area contributed by atoms with Gasteiger partial charge >= 0.3 is 6.18 Å². The van der Waals surface area contributed by atoms with Gasteiger partial charge in [0.1, 0.15) is 0 Å². The Morgan fingerprint density at radius 3 is 2.42 bits per heavy atom. The van der Waals surface area contributed by atoms with E-state index in [0.29, 0.717) is 6.20 Å². The lowest BCUT2D eigenvalue weighted by atomic mass is 10.3. The smallest absolute Gasteiger partial charge is 0.417 e. The molecule has 0 spiro atoms. The molecule has 108 valence electrons. The summed E-state index contributed by atoms with van der Waals surface area (Å²) in [7, 11) is -3.49. The second-order valence-electron chi connectivity index (χ2n) is 3.61. The van der Waals surface area contributed by atoms with Crippen molar-refractivity contribution in [2.45, 2.75) is 12.6 Å². The molecule has 0 saturated heterocycles. The van der Waals surface area contributed by atoms with Gasteiger partial charge in [0.05, 0.1) is 25.0 Å². The van der Waals surface area contributed by atoms with Crippen LogP contribution in [0.25, 0.3) is 0 Å². The minimum Gasteiger partial charge on any atom is -0.478 e. The summed E-state index contributed by atoms with van der Waals surface area (Å²) in [4.78, 5) is 3.49. The molecule has 5 nitrogen and oxygen atoms in total. The fourth-order valence-electron chi connectivity index (χ4n) is 1.08. The molecule has 0 aromatic carbocycles. The molecular formula is C10H12F3NO4S. The summed E-state index contributed by atoms with van der Waals surface area (Å²) in [5.41, 5.74) is -0.861. The number of ether oxygens (including phenoxy) is 1. The Labute approximate surface area is 108 Å². The highest BCUT2D eigenvalue weighted by atomic mass is 32.2. The summed E-state index contributed by atoms with van der Waals surface area (Å²) in [5, 5.41) is 0. The van der Waals surface area contributed by atoms with Crippen LogP contribution >= 0.6 is 0 Å². The van der Waals surface area contributed by atoms with Gasteiger partial charge in [-0.25, -0.2) is 4.98 Å². The SMILES string of the molecule is CS(=O)(=O)OCCCOc1ccc(C(F)(F)F)cn1. The Hall–Kier alpha value is -1.35. The van der Waals surface area contributed by atoms with Crippen molar-refractivity contribution in [1.29, 1.82) is 0 Å². The lowest BCUT2D eigenvalue weighted by molar-refractivity contribution is -0.137. The molecule has 0 saturated carbocycles. The van der Waals surface area contributed by atoms with Gasteiger partial charge in [-0.05, 0) is 6.07 Å². The van der Waals surface area contributed by atoms with Crippen LogP contribution in [0.1, 0.15) is 12.0 Å². The molecule has 0 atom stereocenters. The maximum atomic E-state index is 12.2. The zero-order chi connectivity index (χ0) is 14.5. The minimum absolute atomic E-state index is 0.0346. The first-order chi connectivity index (χ1) is 8.68. The van der Waals surface area contributed by atoms with E-state index in [4.69, 9.17) is 4.74 Å². The summed E-state index contributed by atoms with van der Waals surface area (Å²) < 4.78 is 67.4. The van der Waals surface area contributed by atoms with Crippen LogP contribution in [-0.2, 0) is 20.5 Å². The van der Waals surface area contributed by atoms with Crippen molar-refractivity contribution in [3.63, 3.8) is 0 Å². The molecule has 0 amide bonds. The quantitative estimate of drug-likeness (QED) is 0.592. The molecule has 0 fully saturated rings. The van der Waals surface area contributed by atoms with E-state index in [1.807, 2.05) is 0 Å². The van der Waals surface area contributed by atoms with Gasteiger partial charge in [0, 0.05) is 18.7 Å². The molecule has 19 heavy (non-hydrogen) atoms. The van der Waals surface area contributed by atoms with E-state index in [9.17, 15) is 21.6 Å². The molecule has 1 aromatic heterocycles. The predicted octanol–water partition coefficient (Wildman–Crippen LogP) is 1.85. The molecule has 0 radical (unpaired) electrons. The number of aromatic nitrogens is 1. The standard InChI is InChI=1S/C10H12F3NO4S/c1-19(15,16)18-6-2-5-17-9-4-3-8(7-14-9)10(11,12)13/h3-4,7H,2,5-6H2,1H3. The molecule has 0 unspecified atom stereocenters. The molecule has 0 bridgehead atoms. The highest BCUT2D eigenvalue weighted by molar-refractivity contribution is 7.85. The fraction of sp³-hybridized carbons (Fsp3) is 0.500. The minimum atomic E-state index is -4.44. The third-order valence-electron chi connectivity index (χ3n) is 1.90. The lowest BCUT2D eigenvalue weighted by Crippen LogP contribution is -2.09. The highest BCUT2D eigenvalue weighted by Crippen LogP contribution is 2.29. The molecule has 1 aromatic rings. The van der Waals surface area contributed by atoms with Gasteiger partial charge in [0.15, 0.2) is 0 Å². The molecular weight excluding hydrogens is 287 g/mol. The average molecular weight is 299 g/mol. The van der Waals surface area contributed by atoms with Crippen LogP contribution in [0.5, 0.6) is 5.88 Å². The van der Waals surface area contributed by atoms with Gasteiger partial charge in [-0.15, -0.1) is 0 Å². The second kappa shape index (κ2) is 6.20. The second-order valence-corrected chi connectivity index (χ2v) is 5.25. The summed E-state index contributed by atoms with van der Waals surface area (Å²) in [6.45, 7) is 0.0351. The predicted molar refractivity (Wildman–Crippen MR) is 60.1 cm³/mol. The van der Waals surface area contributed by atoms with Crippen LogP contribution in [0.2, 0.25) is 0 Å². The van der Waals surface area contributed by atoms with E-state index in [2.05, 4.69) is 9.17 Å². The number of rotatable bonds is 6. The van der Waals surface area contributed by atoms with Crippen molar-refractivity contribution in [2.24, 2.45) is 0 Å². The van der Waals surface area contributed by atoms with Gasteiger partial charge in [-0.2, -0.15) is 21.6 Å². The van der Waals surface area contributed by atoms with Crippen molar-refractivity contribution >= 4 is 10.1 Å². The van der Waals surface area contributed by atoms with E-state index < -0.39 is 21.9 Å². The number of hydrogen-bond acceptors (Lipinski definition) is 5. The Bertz CT molecular complexity index is 499. The van der Waals surface area contributed by atoms with Gasteiger partial charge in [-0.1, -0.05) is 0 Å². The van der Waals surface area contributed by atoms with Crippen molar-refractivity contribution in [1.82, 2.24) is 4.98 Å². The largest absolute Gasteiger partial charge is 0.478 e. The Balaban J connectivity index is 2.35. The van der Waals surface area contributed by atoms with Crippen molar-refractivity contribution in [3.8, 4) is 5.88 Å². The zero-order valence-electron chi connectivity index (χ0n) is 9.98. The van der Waals surface area contributed by atoms with Gasteiger partial charge in [0.25, 0.3) is 10.1 Å². The molecule has 0 N–H and O–H groups in total. The number of pyridine rings is 1. The van der Waals surface area contributed by atoms with Crippen molar-refractivity contribution in [2.75, 3.05) is 19.5 Å². The normalized spacial score (nSPS) is 12.4. The van der Waals surface area contributed by atoms with Crippen LogP contribution in [0.4, 0.5) is 13.2 Å². The van der Waals surface area contributed by atoms with E-state index in [1.54, 1.807) is 0 Å². The van der Waals surface area contributed by atoms with Gasteiger partial charge in [-0.3, -0.25) is 4.18 Å². The van der Waals surface area contributed by atoms with E-state index in [1.165, 1.54) is 0 Å². The maximum Gasteiger partial charge on any atom is 0.417 e. The molecule has 0 aliphatic rings. The van der Waals surface area contributed by atoms with E-state index in [0.717, 1.165) is 18.4 Å². The topological polar surface area (TPSA) is 65.5 Å². The molecule has 0 aliphatic carbocycles. The number of nitrogens with zero attached hydrogens (tertiary/aromatic N) is 1. The number of hydrogen-bond donors (Lipinski definition) is 0. The average Bonchev–Trinajstić information content (AvgIpc) is 2.26. The molecule has 9 heteroatoms. The number of halogens is 3. The number of alkyl halides is 3. The maximum absolute atomic E-state index is 12.2. The van der Waals surface area contributed by atoms with Crippen molar-refractivity contribution in [3.05, 3.63) is 23.9 Å². The van der Waals surface area contributed by atoms with E-state index >= 15 is 0 Å². The summed E-state index contributed by atoms with van der Waals surface area (Å²) in [5.74, 6) is 0.0346. The van der Waals surface area contributed by atoms with Crippen LogP contribution in [0, 0.1) is 0 Å². The van der Waals surface area contributed by atoms with Crippen LogP contribution in [-0.4, -0.2) is 32.9 Å². The summed E-state index contributed by atoms with van der Waals surface area (Å²) in [6.07, 6.45) is -2.57. The monoisotopic (exact) mass is 299 g/mol. The van der Waals surface area contributed by atoms with Gasteiger partial charge < -0.3 is 4.74 Å². The van der Waals surface area contributed by atoms with Crippen LogP contribution in [0.3, 0.4) is 0 Å². The molecule has 1 rings (SSSR count). The summed E-state index contributed by atoms with van der Waals surface area (Å²) >= 11 is 0. The van der Waals surface area contributed by atoms with Crippen LogP contribution in [0.15, 0.2) is 18.3 Å². The van der Waals surface area contributed by atoms with Gasteiger partial charge in [0.2, 0.25) is 5.88 Å². The Morgan fingerprint density at radius 2 is 1.95 bits per heavy atom. The van der Waals surface area contributed by atoms with E-state index in [-0.39, 0.29) is 25.5 Å². The van der Waals surface area contributed by atoms with Crippen LogP contribution < -0.4 is 4.74 Å². The van der Waals surface area contributed by atoms with Crippen molar-refractivity contribution < 1.29 is 30.5 Å². The lowest BCUT2D eigenvalue weighted by Gasteiger charge is -2.08. The molecule has 1 heterocycles. The first kappa shape index (κ1) is 15.7. The third kappa shape index (κ3) is 6.39. The summed E-state index contributed by atoms with van der Waals surface area (Å²) in [6, 6.07) is 1.95. The Morgan fingerprint density at radius 1 is 1.26 bits per heavy atom. The zero-order valence-corrected chi connectivity index (χ0v) is 10.8. The molecule has 0 aliphatic heterocycles. The third-order valence-corrected chi connectivity index (χ3v) is 2.49.